The Morgan fingerprint density at radius 3 is 1.85 bits per heavy atom. The number of rotatable bonds is 6. The fourth-order valence-corrected chi connectivity index (χ4v) is 4.34. The van der Waals surface area contributed by atoms with E-state index in [1.807, 2.05) is 0 Å². The normalized spacial score (nSPS) is 13.4. The summed E-state index contributed by atoms with van der Waals surface area (Å²) in [6.07, 6.45) is 0.768. The van der Waals surface area contributed by atoms with Gasteiger partial charge >= 0.3 is 8.56 Å². The van der Waals surface area contributed by atoms with E-state index in [0.29, 0.717) is 0 Å². The standard InChI is InChI=1S/C7H18O2S3Si/c1-4-13(8-2,9-3)6-5-7(10,11)12/h10-12H,4-6H2,1-3H3. The maximum Gasteiger partial charge on any atom is 0.337 e. The second-order valence-electron chi connectivity index (χ2n) is 2.95. The van der Waals surface area contributed by atoms with Gasteiger partial charge in [0.15, 0.2) is 0 Å². The highest BCUT2D eigenvalue weighted by Crippen LogP contribution is 2.33. The zero-order valence-corrected chi connectivity index (χ0v) is 12.0. The predicted molar refractivity (Wildman–Crippen MR) is 69.4 cm³/mol. The van der Waals surface area contributed by atoms with Gasteiger partial charge < -0.3 is 8.85 Å². The number of hydrogen-bond acceptors (Lipinski definition) is 5. The Balaban J connectivity index is 4.11. The smallest absolute Gasteiger partial charge is 0.337 e. The predicted octanol–water partition coefficient (Wildman–Crippen LogP) is 2.57. The van der Waals surface area contributed by atoms with Gasteiger partial charge in [0, 0.05) is 14.2 Å². The first-order valence-electron chi connectivity index (χ1n) is 4.16. The summed E-state index contributed by atoms with van der Waals surface area (Å²) in [5.74, 6) is 0. The molecule has 0 atom stereocenters. The molecule has 13 heavy (non-hydrogen) atoms. The molecule has 0 aliphatic heterocycles. The minimum absolute atomic E-state index is 0.537. The largest absolute Gasteiger partial charge is 0.398 e. The van der Waals surface area contributed by atoms with Gasteiger partial charge in [-0.25, -0.2) is 0 Å². The Labute approximate surface area is 98.2 Å². The van der Waals surface area contributed by atoms with Gasteiger partial charge in [0.1, 0.15) is 0 Å². The lowest BCUT2D eigenvalue weighted by atomic mass is 10.5. The van der Waals surface area contributed by atoms with Crippen molar-refractivity contribution in [2.24, 2.45) is 0 Å². The Bertz CT molecular complexity index is 137. The van der Waals surface area contributed by atoms with Gasteiger partial charge in [-0.05, 0) is 18.5 Å². The summed E-state index contributed by atoms with van der Waals surface area (Å²) in [7, 11) is 1.44. The van der Waals surface area contributed by atoms with Crippen LogP contribution in [0.5, 0.6) is 0 Å². The molecule has 0 saturated carbocycles. The van der Waals surface area contributed by atoms with Crippen LogP contribution in [0.4, 0.5) is 0 Å². The van der Waals surface area contributed by atoms with Gasteiger partial charge in [-0.3, -0.25) is 0 Å². The quantitative estimate of drug-likeness (QED) is 0.386. The molecule has 0 aliphatic carbocycles. The van der Waals surface area contributed by atoms with E-state index in [4.69, 9.17) is 8.85 Å². The topological polar surface area (TPSA) is 18.5 Å². The second kappa shape index (κ2) is 5.92. The Hall–Kier alpha value is 1.19. The van der Waals surface area contributed by atoms with Crippen molar-refractivity contribution in [1.82, 2.24) is 0 Å². The van der Waals surface area contributed by atoms with Gasteiger partial charge in [0.25, 0.3) is 0 Å². The molecule has 0 bridgehead atoms. The first-order chi connectivity index (χ1) is 5.89. The highest BCUT2D eigenvalue weighted by atomic mass is 32.2. The molecule has 80 valence electrons. The summed E-state index contributed by atoms with van der Waals surface area (Å²) in [5.41, 5.74) is 0. The van der Waals surface area contributed by atoms with E-state index in [9.17, 15) is 0 Å². The Morgan fingerprint density at radius 2 is 1.62 bits per heavy atom. The lowest BCUT2D eigenvalue weighted by Crippen LogP contribution is -2.39. The van der Waals surface area contributed by atoms with Crippen molar-refractivity contribution in [3.63, 3.8) is 0 Å². The highest BCUT2D eigenvalue weighted by Gasteiger charge is 2.34. The van der Waals surface area contributed by atoms with Crippen LogP contribution in [0, 0.1) is 0 Å². The van der Waals surface area contributed by atoms with Crippen LogP contribution in [0.1, 0.15) is 13.3 Å². The van der Waals surface area contributed by atoms with E-state index in [1.54, 1.807) is 14.2 Å². The monoisotopic (exact) mass is 258 g/mol. The van der Waals surface area contributed by atoms with Crippen LogP contribution < -0.4 is 0 Å². The minimum atomic E-state index is -1.97. The molecule has 0 unspecified atom stereocenters. The van der Waals surface area contributed by atoms with E-state index in [2.05, 4.69) is 44.8 Å². The zero-order chi connectivity index (χ0) is 10.5. The van der Waals surface area contributed by atoms with Crippen LogP contribution in [0.3, 0.4) is 0 Å². The highest BCUT2D eigenvalue weighted by molar-refractivity contribution is 8.16. The molecule has 0 fully saturated rings. The van der Waals surface area contributed by atoms with Crippen LogP contribution in [-0.2, 0) is 8.85 Å². The number of thiol groups is 3. The van der Waals surface area contributed by atoms with E-state index in [1.165, 1.54) is 0 Å². The van der Waals surface area contributed by atoms with E-state index < -0.39 is 12.0 Å². The Morgan fingerprint density at radius 1 is 1.15 bits per heavy atom. The maximum absolute atomic E-state index is 5.45. The van der Waals surface area contributed by atoms with Gasteiger partial charge in [0.2, 0.25) is 0 Å². The van der Waals surface area contributed by atoms with Crippen LogP contribution in [0.2, 0.25) is 12.1 Å². The molecule has 0 spiro atoms. The van der Waals surface area contributed by atoms with Crippen molar-refractivity contribution in [2.75, 3.05) is 14.2 Å². The van der Waals surface area contributed by atoms with Crippen LogP contribution in [-0.4, -0.2) is 26.2 Å². The maximum atomic E-state index is 5.45. The molecule has 0 N–H and O–H groups in total. The SMILES string of the molecule is CC[Si](CCC(S)(S)S)(OC)OC. The lowest BCUT2D eigenvalue weighted by Gasteiger charge is -2.28. The molecular weight excluding hydrogens is 240 g/mol. The molecule has 0 amide bonds. The summed E-state index contributed by atoms with van der Waals surface area (Å²) in [5, 5.41) is 0. The fourth-order valence-electron chi connectivity index (χ4n) is 1.11. The van der Waals surface area contributed by atoms with Gasteiger partial charge in [0.05, 0.1) is 3.41 Å². The van der Waals surface area contributed by atoms with Crippen molar-refractivity contribution < 1.29 is 8.85 Å². The van der Waals surface area contributed by atoms with Gasteiger partial charge in [-0.15, -0.1) is 0 Å². The lowest BCUT2D eigenvalue weighted by molar-refractivity contribution is 0.242. The van der Waals surface area contributed by atoms with Crippen molar-refractivity contribution in [3.05, 3.63) is 0 Å². The number of hydrogen-bond donors (Lipinski definition) is 3. The molecule has 2 nitrogen and oxygen atoms in total. The average molecular weight is 259 g/mol. The van der Waals surface area contributed by atoms with Crippen LogP contribution >= 0.6 is 37.9 Å². The van der Waals surface area contributed by atoms with Crippen LogP contribution in [0.25, 0.3) is 0 Å². The Kier molecular flexibility index (Phi) is 6.46. The molecule has 0 aromatic heterocycles. The van der Waals surface area contributed by atoms with E-state index in [0.717, 1.165) is 18.5 Å². The molecule has 0 aromatic carbocycles. The molecule has 0 heterocycles. The third-order valence-corrected chi connectivity index (χ3v) is 6.37. The van der Waals surface area contributed by atoms with E-state index >= 15 is 0 Å². The summed E-state index contributed by atoms with van der Waals surface area (Å²) in [6.45, 7) is 2.08. The summed E-state index contributed by atoms with van der Waals surface area (Å²) in [4.78, 5) is 0. The first-order valence-corrected chi connectivity index (χ1v) is 7.74. The van der Waals surface area contributed by atoms with Gasteiger partial charge in [-0.1, -0.05) is 6.92 Å². The molecule has 0 saturated heterocycles. The molecule has 0 aliphatic rings. The van der Waals surface area contributed by atoms with Gasteiger partial charge in [-0.2, -0.15) is 37.9 Å². The molecule has 0 aromatic rings. The third-order valence-electron chi connectivity index (χ3n) is 2.12. The molecule has 0 rings (SSSR count). The third kappa shape index (κ3) is 5.59. The minimum Gasteiger partial charge on any atom is -0.398 e. The van der Waals surface area contributed by atoms with Crippen molar-refractivity contribution in [1.29, 1.82) is 0 Å². The molecular formula is C7H18O2S3Si. The summed E-state index contributed by atoms with van der Waals surface area (Å²) < 4.78 is 10.4. The molecule has 0 radical (unpaired) electrons. The van der Waals surface area contributed by atoms with E-state index in [-0.39, 0.29) is 0 Å². The van der Waals surface area contributed by atoms with Crippen molar-refractivity contribution >= 4 is 46.4 Å². The van der Waals surface area contributed by atoms with Crippen molar-refractivity contribution in [2.45, 2.75) is 28.8 Å². The average Bonchev–Trinajstić information content (AvgIpc) is 2.06. The first kappa shape index (κ1) is 14.2. The van der Waals surface area contributed by atoms with Crippen molar-refractivity contribution in [3.8, 4) is 0 Å². The summed E-state index contributed by atoms with van der Waals surface area (Å²) >= 11 is 12.7. The fraction of sp³-hybridized carbons (Fsp3) is 1.00. The zero-order valence-electron chi connectivity index (χ0n) is 8.28. The second-order valence-corrected chi connectivity index (χ2v) is 10.1. The molecule has 6 heteroatoms. The van der Waals surface area contributed by atoms with Crippen LogP contribution in [0.15, 0.2) is 0 Å². The summed E-state index contributed by atoms with van der Waals surface area (Å²) in [6, 6.07) is 1.80.